The van der Waals surface area contributed by atoms with Crippen LogP contribution >= 0.6 is 0 Å². The summed E-state index contributed by atoms with van der Waals surface area (Å²) in [6.07, 6.45) is -4.14. The van der Waals surface area contributed by atoms with Gasteiger partial charge in [-0.1, -0.05) is 6.07 Å². The molecule has 114 valence electrons. The molecule has 0 spiro atoms. The van der Waals surface area contributed by atoms with Crippen molar-refractivity contribution < 1.29 is 27.9 Å². The molecule has 1 unspecified atom stereocenters. The number of alkyl halides is 3. The SMILES string of the molecule is O=C(O)C1CCN(C(=O)Nc2cccc(C(F)(F)F)c2)C1. The number of hydrogen-bond donors (Lipinski definition) is 2. The number of nitrogens with one attached hydrogen (secondary N) is 1. The summed E-state index contributed by atoms with van der Waals surface area (Å²) in [5.74, 6) is -1.61. The fourth-order valence-corrected chi connectivity index (χ4v) is 2.12. The Hall–Kier alpha value is -2.25. The van der Waals surface area contributed by atoms with Crippen LogP contribution in [-0.4, -0.2) is 35.1 Å². The number of rotatable bonds is 2. The van der Waals surface area contributed by atoms with Gasteiger partial charge in [-0.15, -0.1) is 0 Å². The fourth-order valence-electron chi connectivity index (χ4n) is 2.12. The van der Waals surface area contributed by atoms with E-state index in [1.54, 1.807) is 0 Å². The average Bonchev–Trinajstić information content (AvgIpc) is 2.88. The number of hydrogen-bond acceptors (Lipinski definition) is 2. The molecule has 8 heteroatoms. The Morgan fingerprint density at radius 3 is 2.62 bits per heavy atom. The smallest absolute Gasteiger partial charge is 0.416 e. The first-order chi connectivity index (χ1) is 9.77. The predicted octanol–water partition coefficient (Wildman–Crippen LogP) is 2.64. The molecule has 21 heavy (non-hydrogen) atoms. The third kappa shape index (κ3) is 3.65. The van der Waals surface area contributed by atoms with Gasteiger partial charge in [0.05, 0.1) is 11.5 Å². The first-order valence-corrected chi connectivity index (χ1v) is 6.23. The molecule has 2 rings (SSSR count). The highest BCUT2D eigenvalue weighted by atomic mass is 19.4. The number of carboxylic acids is 1. The van der Waals surface area contributed by atoms with Gasteiger partial charge in [0, 0.05) is 18.8 Å². The zero-order valence-electron chi connectivity index (χ0n) is 10.9. The number of aliphatic carboxylic acids is 1. The summed E-state index contributed by atoms with van der Waals surface area (Å²) in [6, 6.07) is 3.69. The van der Waals surface area contributed by atoms with Crippen molar-refractivity contribution in [2.75, 3.05) is 18.4 Å². The van der Waals surface area contributed by atoms with E-state index in [-0.39, 0.29) is 18.8 Å². The van der Waals surface area contributed by atoms with Crippen molar-refractivity contribution in [1.29, 1.82) is 0 Å². The molecule has 5 nitrogen and oxygen atoms in total. The maximum atomic E-state index is 12.6. The quantitative estimate of drug-likeness (QED) is 0.882. The highest BCUT2D eigenvalue weighted by molar-refractivity contribution is 5.90. The second-order valence-corrected chi connectivity index (χ2v) is 4.78. The summed E-state index contributed by atoms with van der Waals surface area (Å²) in [5, 5.41) is 11.2. The summed E-state index contributed by atoms with van der Waals surface area (Å²) in [7, 11) is 0. The number of carbonyl (C=O) groups is 2. The van der Waals surface area contributed by atoms with Crippen LogP contribution in [0.2, 0.25) is 0 Å². The van der Waals surface area contributed by atoms with Crippen molar-refractivity contribution in [3.8, 4) is 0 Å². The van der Waals surface area contributed by atoms with Gasteiger partial charge in [-0.05, 0) is 24.6 Å². The van der Waals surface area contributed by atoms with Crippen LogP contribution in [0.4, 0.5) is 23.7 Å². The number of nitrogens with zero attached hydrogens (tertiary/aromatic N) is 1. The first-order valence-electron chi connectivity index (χ1n) is 6.23. The number of halogens is 3. The van der Waals surface area contributed by atoms with Gasteiger partial charge in [0.1, 0.15) is 0 Å². The molecule has 1 saturated heterocycles. The first kappa shape index (κ1) is 15.1. The van der Waals surface area contributed by atoms with Gasteiger partial charge in [-0.2, -0.15) is 13.2 Å². The maximum Gasteiger partial charge on any atom is 0.416 e. The molecule has 2 amide bonds. The number of benzene rings is 1. The number of anilines is 1. The van der Waals surface area contributed by atoms with Crippen molar-refractivity contribution >= 4 is 17.7 Å². The third-order valence-electron chi connectivity index (χ3n) is 3.27. The lowest BCUT2D eigenvalue weighted by Crippen LogP contribution is -2.33. The van der Waals surface area contributed by atoms with Gasteiger partial charge in [-0.3, -0.25) is 4.79 Å². The number of carboxylic acid groups (broad SMARTS) is 1. The number of urea groups is 1. The van der Waals surface area contributed by atoms with Crippen molar-refractivity contribution in [1.82, 2.24) is 4.90 Å². The Morgan fingerprint density at radius 1 is 1.33 bits per heavy atom. The Morgan fingerprint density at radius 2 is 2.05 bits per heavy atom. The maximum absolute atomic E-state index is 12.6. The van der Waals surface area contributed by atoms with E-state index in [2.05, 4.69) is 5.32 Å². The summed E-state index contributed by atoms with van der Waals surface area (Å²) in [5.41, 5.74) is -0.835. The summed E-state index contributed by atoms with van der Waals surface area (Å²) < 4.78 is 37.7. The number of carbonyl (C=O) groups excluding carboxylic acids is 1. The van der Waals surface area contributed by atoms with Crippen LogP contribution in [0.3, 0.4) is 0 Å². The second kappa shape index (κ2) is 5.63. The lowest BCUT2D eigenvalue weighted by atomic mass is 10.1. The molecular weight excluding hydrogens is 289 g/mol. The van der Waals surface area contributed by atoms with Crippen LogP contribution in [-0.2, 0) is 11.0 Å². The van der Waals surface area contributed by atoms with Crippen molar-refractivity contribution in [3.63, 3.8) is 0 Å². The predicted molar refractivity (Wildman–Crippen MR) is 67.8 cm³/mol. The lowest BCUT2D eigenvalue weighted by Gasteiger charge is -2.17. The van der Waals surface area contributed by atoms with Crippen LogP contribution in [0.25, 0.3) is 0 Å². The zero-order valence-corrected chi connectivity index (χ0v) is 10.9. The van der Waals surface area contributed by atoms with Crippen LogP contribution in [0.1, 0.15) is 12.0 Å². The highest BCUT2D eigenvalue weighted by Gasteiger charge is 2.32. The number of likely N-dealkylation sites (tertiary alicyclic amines) is 1. The summed E-state index contributed by atoms with van der Waals surface area (Å²) in [4.78, 5) is 24.0. The standard InChI is InChI=1S/C13H13F3N2O3/c14-13(15,16)9-2-1-3-10(6-9)17-12(21)18-5-4-8(7-18)11(19)20/h1-3,6,8H,4-5,7H2,(H,17,21)(H,19,20). The van der Waals surface area contributed by atoms with E-state index >= 15 is 0 Å². The minimum absolute atomic E-state index is 0.0219. The molecule has 1 heterocycles. The monoisotopic (exact) mass is 302 g/mol. The van der Waals surface area contributed by atoms with Crippen LogP contribution < -0.4 is 5.32 Å². The van der Waals surface area contributed by atoms with Crippen molar-refractivity contribution in [2.45, 2.75) is 12.6 Å². The molecule has 1 aromatic carbocycles. The van der Waals surface area contributed by atoms with Gasteiger partial charge >= 0.3 is 18.2 Å². The average molecular weight is 302 g/mol. The van der Waals surface area contributed by atoms with Crippen molar-refractivity contribution in [2.24, 2.45) is 5.92 Å². The Balaban J connectivity index is 2.02. The van der Waals surface area contributed by atoms with E-state index in [4.69, 9.17) is 5.11 Å². The molecule has 1 aliphatic rings. The van der Waals surface area contributed by atoms with E-state index in [9.17, 15) is 22.8 Å². The van der Waals surface area contributed by atoms with Gasteiger partial charge in [-0.25, -0.2) is 4.79 Å². The Kier molecular flexibility index (Phi) is 4.06. The minimum Gasteiger partial charge on any atom is -0.481 e. The van der Waals surface area contributed by atoms with Gasteiger partial charge in [0.15, 0.2) is 0 Å². The van der Waals surface area contributed by atoms with Gasteiger partial charge in [0.2, 0.25) is 0 Å². The van der Waals surface area contributed by atoms with Crippen LogP contribution in [0, 0.1) is 5.92 Å². The molecule has 1 fully saturated rings. The molecular formula is C13H13F3N2O3. The van der Waals surface area contributed by atoms with Crippen LogP contribution in [0.15, 0.2) is 24.3 Å². The molecule has 0 aliphatic carbocycles. The van der Waals surface area contributed by atoms with Gasteiger partial charge in [0.25, 0.3) is 0 Å². The summed E-state index contributed by atoms with van der Waals surface area (Å²) in [6.45, 7) is 0.321. The molecule has 0 aromatic heterocycles. The summed E-state index contributed by atoms with van der Waals surface area (Å²) >= 11 is 0. The van der Waals surface area contributed by atoms with E-state index in [0.717, 1.165) is 12.1 Å². The molecule has 0 radical (unpaired) electrons. The van der Waals surface area contributed by atoms with E-state index < -0.39 is 29.7 Å². The molecule has 0 saturated carbocycles. The lowest BCUT2D eigenvalue weighted by molar-refractivity contribution is -0.141. The van der Waals surface area contributed by atoms with E-state index in [0.29, 0.717) is 6.42 Å². The van der Waals surface area contributed by atoms with Gasteiger partial charge < -0.3 is 15.3 Å². The van der Waals surface area contributed by atoms with E-state index in [1.165, 1.54) is 17.0 Å². The molecule has 1 aromatic rings. The highest BCUT2D eigenvalue weighted by Crippen LogP contribution is 2.30. The fraction of sp³-hybridized carbons (Fsp3) is 0.385. The van der Waals surface area contributed by atoms with Crippen LogP contribution in [0.5, 0.6) is 0 Å². The Bertz CT molecular complexity index is 560. The molecule has 0 bridgehead atoms. The Labute approximate surface area is 118 Å². The second-order valence-electron chi connectivity index (χ2n) is 4.78. The minimum atomic E-state index is -4.48. The molecule has 1 atom stereocenters. The topological polar surface area (TPSA) is 69.6 Å². The van der Waals surface area contributed by atoms with Crippen molar-refractivity contribution in [3.05, 3.63) is 29.8 Å². The normalized spacial score (nSPS) is 18.6. The third-order valence-corrected chi connectivity index (χ3v) is 3.27. The van der Waals surface area contributed by atoms with E-state index in [1.807, 2.05) is 0 Å². The number of amides is 2. The molecule has 2 N–H and O–H groups in total. The molecule has 1 aliphatic heterocycles. The largest absolute Gasteiger partial charge is 0.481 e. The zero-order chi connectivity index (χ0) is 15.6.